The summed E-state index contributed by atoms with van der Waals surface area (Å²) < 4.78 is 4.80. The Bertz CT molecular complexity index is 649. The number of piperidine rings is 1. The van der Waals surface area contributed by atoms with Crippen molar-refractivity contribution in [3.63, 3.8) is 0 Å². The van der Waals surface area contributed by atoms with Crippen LogP contribution in [0.4, 0.5) is 15.3 Å². The van der Waals surface area contributed by atoms with E-state index in [4.69, 9.17) is 4.74 Å². The largest absolute Gasteiger partial charge is 0.453 e. The van der Waals surface area contributed by atoms with E-state index in [0.29, 0.717) is 19.6 Å². The minimum absolute atomic E-state index is 0.0122. The van der Waals surface area contributed by atoms with Crippen LogP contribution < -0.4 is 10.2 Å². The van der Waals surface area contributed by atoms with E-state index >= 15 is 0 Å². The summed E-state index contributed by atoms with van der Waals surface area (Å²) in [6, 6.07) is 8.50. The lowest BCUT2D eigenvalue weighted by molar-refractivity contribution is 0.106. The van der Waals surface area contributed by atoms with Crippen molar-refractivity contribution in [1.82, 2.24) is 15.1 Å². The number of amides is 3. The number of aryl methyl sites for hydroxylation is 1. The number of likely N-dealkylation sites (tertiary alicyclic amines) is 1. The summed E-state index contributed by atoms with van der Waals surface area (Å²) in [4.78, 5) is 30.3. The monoisotopic (exact) mass is 374 g/mol. The minimum atomic E-state index is -0.322. The molecule has 3 amide bonds. The average molecular weight is 374 g/mol. The highest BCUT2D eigenvalue weighted by Crippen LogP contribution is 2.18. The Morgan fingerprint density at radius 2 is 1.74 bits per heavy atom. The number of hydrogen-bond acceptors (Lipinski definition) is 4. The molecule has 2 fully saturated rings. The quantitative estimate of drug-likeness (QED) is 0.864. The summed E-state index contributed by atoms with van der Waals surface area (Å²) in [6.07, 6.45) is 2.39. The Kier molecular flexibility index (Phi) is 6.42. The number of ether oxygens (including phenoxy) is 1. The van der Waals surface area contributed by atoms with Crippen LogP contribution in [-0.4, -0.2) is 74.3 Å². The Morgan fingerprint density at radius 3 is 2.48 bits per heavy atom. The third-order valence-electron chi connectivity index (χ3n) is 5.36. The molecular formula is C20H30N4O3. The van der Waals surface area contributed by atoms with Gasteiger partial charge in [-0.25, -0.2) is 9.59 Å². The lowest BCUT2D eigenvalue weighted by atomic mass is 10.1. The van der Waals surface area contributed by atoms with Gasteiger partial charge in [-0.1, -0.05) is 17.7 Å². The van der Waals surface area contributed by atoms with Gasteiger partial charge in [0.15, 0.2) is 0 Å². The van der Waals surface area contributed by atoms with E-state index in [2.05, 4.69) is 41.4 Å². The molecule has 2 saturated heterocycles. The maximum atomic E-state index is 12.7. The van der Waals surface area contributed by atoms with Gasteiger partial charge in [0, 0.05) is 51.0 Å². The van der Waals surface area contributed by atoms with Gasteiger partial charge < -0.3 is 24.8 Å². The second-order valence-corrected chi connectivity index (χ2v) is 7.37. The molecule has 3 rings (SSSR count). The van der Waals surface area contributed by atoms with E-state index in [-0.39, 0.29) is 18.2 Å². The molecule has 2 aliphatic rings. The number of anilines is 1. The van der Waals surface area contributed by atoms with Crippen molar-refractivity contribution in [1.29, 1.82) is 0 Å². The Labute approximate surface area is 161 Å². The number of methoxy groups -OCH3 is 1. The zero-order valence-electron chi connectivity index (χ0n) is 16.3. The number of nitrogens with zero attached hydrogens (tertiary/aromatic N) is 3. The normalized spacial score (nSPS) is 20.8. The van der Waals surface area contributed by atoms with Crippen LogP contribution in [0.3, 0.4) is 0 Å². The first-order chi connectivity index (χ1) is 13.1. The van der Waals surface area contributed by atoms with E-state index in [1.54, 1.807) is 4.90 Å². The van der Waals surface area contributed by atoms with Gasteiger partial charge in [-0.15, -0.1) is 0 Å². The molecule has 0 bridgehead atoms. The van der Waals surface area contributed by atoms with Crippen LogP contribution in [0.5, 0.6) is 0 Å². The van der Waals surface area contributed by atoms with Crippen molar-refractivity contribution in [3.8, 4) is 0 Å². The minimum Gasteiger partial charge on any atom is -0.453 e. The van der Waals surface area contributed by atoms with E-state index < -0.39 is 0 Å². The fourth-order valence-corrected chi connectivity index (χ4v) is 3.79. The maximum Gasteiger partial charge on any atom is 0.409 e. The van der Waals surface area contributed by atoms with Crippen LogP contribution in [0.25, 0.3) is 0 Å². The Hall–Kier alpha value is -2.44. The van der Waals surface area contributed by atoms with Crippen LogP contribution >= 0.6 is 0 Å². The average Bonchev–Trinajstić information content (AvgIpc) is 2.94. The lowest BCUT2D eigenvalue weighted by Gasteiger charge is -2.33. The molecule has 148 valence electrons. The zero-order chi connectivity index (χ0) is 19.2. The molecule has 1 N–H and O–H groups in total. The molecule has 1 aromatic carbocycles. The second kappa shape index (κ2) is 8.97. The summed E-state index contributed by atoms with van der Waals surface area (Å²) >= 11 is 0. The number of rotatable bonds is 2. The van der Waals surface area contributed by atoms with Crippen molar-refractivity contribution in [2.24, 2.45) is 0 Å². The molecule has 0 saturated carbocycles. The highest BCUT2D eigenvalue weighted by molar-refractivity contribution is 5.75. The number of urea groups is 1. The van der Waals surface area contributed by atoms with Crippen LogP contribution in [0.1, 0.15) is 24.8 Å². The Morgan fingerprint density at radius 1 is 1.00 bits per heavy atom. The zero-order valence-corrected chi connectivity index (χ0v) is 16.3. The third-order valence-corrected chi connectivity index (χ3v) is 5.36. The fourth-order valence-electron chi connectivity index (χ4n) is 3.79. The number of nitrogens with one attached hydrogen (secondary N) is 1. The SMILES string of the molecule is COC(=O)N1CCCC(NC(=O)N2CCCN(c3ccc(C)cc3)CC2)C1. The molecule has 1 atom stereocenters. The Balaban J connectivity index is 1.52. The van der Waals surface area contributed by atoms with Gasteiger partial charge in [-0.2, -0.15) is 0 Å². The summed E-state index contributed by atoms with van der Waals surface area (Å²) in [6.45, 7) is 6.53. The molecule has 7 nitrogen and oxygen atoms in total. The first-order valence-electron chi connectivity index (χ1n) is 9.77. The number of benzene rings is 1. The number of carbonyl (C=O) groups is 2. The first kappa shape index (κ1) is 19.3. The van der Waals surface area contributed by atoms with E-state index in [0.717, 1.165) is 38.9 Å². The molecular weight excluding hydrogens is 344 g/mol. The first-order valence-corrected chi connectivity index (χ1v) is 9.77. The highest BCUT2D eigenvalue weighted by atomic mass is 16.5. The lowest BCUT2D eigenvalue weighted by Crippen LogP contribution is -2.53. The second-order valence-electron chi connectivity index (χ2n) is 7.37. The van der Waals surface area contributed by atoms with E-state index in [1.165, 1.54) is 18.4 Å². The summed E-state index contributed by atoms with van der Waals surface area (Å²) in [7, 11) is 1.39. The third kappa shape index (κ3) is 5.05. The maximum absolute atomic E-state index is 12.7. The molecule has 27 heavy (non-hydrogen) atoms. The molecule has 7 heteroatoms. The van der Waals surface area contributed by atoms with Crippen LogP contribution in [-0.2, 0) is 4.74 Å². The number of carbonyl (C=O) groups excluding carboxylic acids is 2. The predicted molar refractivity (Wildman–Crippen MR) is 105 cm³/mol. The van der Waals surface area contributed by atoms with Crippen LogP contribution in [0, 0.1) is 6.92 Å². The van der Waals surface area contributed by atoms with Crippen molar-refractivity contribution < 1.29 is 14.3 Å². The van der Waals surface area contributed by atoms with E-state index in [1.807, 2.05) is 4.90 Å². The summed E-state index contributed by atoms with van der Waals surface area (Å²) in [5.74, 6) is 0. The molecule has 0 radical (unpaired) electrons. The number of hydrogen-bond donors (Lipinski definition) is 1. The molecule has 0 spiro atoms. The van der Waals surface area contributed by atoms with Crippen LogP contribution in [0.15, 0.2) is 24.3 Å². The van der Waals surface area contributed by atoms with Gasteiger partial charge >= 0.3 is 12.1 Å². The molecule has 0 aromatic heterocycles. The van der Waals surface area contributed by atoms with Crippen LogP contribution in [0.2, 0.25) is 0 Å². The standard InChI is InChI=1S/C20H30N4O3/c1-16-6-8-18(9-7-16)22-11-4-12-23(14-13-22)19(25)21-17-5-3-10-24(15-17)20(26)27-2/h6-9,17H,3-5,10-15H2,1-2H3,(H,21,25). The smallest absolute Gasteiger partial charge is 0.409 e. The van der Waals surface area contributed by atoms with Gasteiger partial charge in [0.1, 0.15) is 0 Å². The summed E-state index contributed by atoms with van der Waals surface area (Å²) in [5, 5.41) is 3.11. The van der Waals surface area contributed by atoms with Crippen molar-refractivity contribution in [2.75, 3.05) is 51.3 Å². The van der Waals surface area contributed by atoms with Gasteiger partial charge in [0.05, 0.1) is 7.11 Å². The molecule has 2 aliphatic heterocycles. The molecule has 1 unspecified atom stereocenters. The van der Waals surface area contributed by atoms with Gasteiger partial charge in [-0.3, -0.25) is 0 Å². The van der Waals surface area contributed by atoms with Crippen molar-refractivity contribution in [2.45, 2.75) is 32.2 Å². The van der Waals surface area contributed by atoms with Crippen molar-refractivity contribution >= 4 is 17.8 Å². The van der Waals surface area contributed by atoms with Crippen molar-refractivity contribution in [3.05, 3.63) is 29.8 Å². The molecule has 1 aromatic rings. The van der Waals surface area contributed by atoms with Gasteiger partial charge in [-0.05, 0) is 38.3 Å². The summed E-state index contributed by atoms with van der Waals surface area (Å²) in [5.41, 5.74) is 2.46. The predicted octanol–water partition coefficient (Wildman–Crippen LogP) is 2.45. The topological polar surface area (TPSA) is 65.1 Å². The van der Waals surface area contributed by atoms with Gasteiger partial charge in [0.25, 0.3) is 0 Å². The highest BCUT2D eigenvalue weighted by Gasteiger charge is 2.27. The fraction of sp³-hybridized carbons (Fsp3) is 0.600. The van der Waals surface area contributed by atoms with Gasteiger partial charge in [0.2, 0.25) is 0 Å². The molecule has 0 aliphatic carbocycles. The van der Waals surface area contributed by atoms with E-state index in [9.17, 15) is 9.59 Å². The molecule has 2 heterocycles.